The van der Waals surface area contributed by atoms with Crippen molar-refractivity contribution in [3.63, 3.8) is 0 Å². The maximum atomic E-state index is 12.9. The van der Waals surface area contributed by atoms with Crippen molar-refractivity contribution in [1.29, 1.82) is 0 Å². The molecule has 5 aromatic rings. The fraction of sp³-hybridized carbons (Fsp3) is 0. The first-order valence-electron chi connectivity index (χ1n) is 9.01. The molecular weight excluding hydrogens is 368 g/mol. The Hall–Kier alpha value is -3.36. The average molecular weight is 383 g/mol. The number of fused-ring (bicyclic) bond motifs is 2. The minimum Gasteiger partial charge on any atom is -0.456 e. The second-order valence-corrected chi connectivity index (χ2v) is 7.16. The quantitative estimate of drug-likeness (QED) is 0.310. The third kappa shape index (κ3) is 2.88. The van der Waals surface area contributed by atoms with Crippen molar-refractivity contribution >= 4 is 33.5 Å². The molecule has 0 amide bonds. The highest BCUT2D eigenvalue weighted by Crippen LogP contribution is 2.29. The molecular formula is C25H15ClO2. The molecule has 0 saturated heterocycles. The molecule has 0 aliphatic heterocycles. The molecule has 3 heteroatoms. The minimum atomic E-state index is -0.00689. The molecule has 2 nitrogen and oxygen atoms in total. The third-order valence-electron chi connectivity index (χ3n) is 4.95. The van der Waals surface area contributed by atoms with Crippen molar-refractivity contribution in [2.45, 2.75) is 0 Å². The lowest BCUT2D eigenvalue weighted by Crippen LogP contribution is -2.01. The van der Waals surface area contributed by atoms with Crippen LogP contribution in [0.4, 0.5) is 0 Å². The Kier molecular flexibility index (Phi) is 4.00. The molecule has 0 aliphatic rings. The summed E-state index contributed by atoms with van der Waals surface area (Å²) in [6, 6.07) is 29.1. The zero-order valence-corrected chi connectivity index (χ0v) is 15.6. The van der Waals surface area contributed by atoms with E-state index in [0.29, 0.717) is 27.0 Å². The third-order valence-corrected chi connectivity index (χ3v) is 5.20. The highest BCUT2D eigenvalue weighted by molar-refractivity contribution is 6.30. The molecule has 1 aromatic heterocycles. The van der Waals surface area contributed by atoms with Gasteiger partial charge in [-0.15, -0.1) is 0 Å². The van der Waals surface area contributed by atoms with E-state index in [4.69, 9.17) is 16.0 Å². The largest absolute Gasteiger partial charge is 0.456 e. The molecule has 134 valence electrons. The van der Waals surface area contributed by atoms with E-state index in [-0.39, 0.29) is 5.43 Å². The average Bonchev–Trinajstić information content (AvgIpc) is 2.74. The van der Waals surface area contributed by atoms with Crippen molar-refractivity contribution in [2.24, 2.45) is 0 Å². The zero-order valence-electron chi connectivity index (χ0n) is 14.9. The molecule has 0 bridgehead atoms. The van der Waals surface area contributed by atoms with Gasteiger partial charge in [-0.1, -0.05) is 60.1 Å². The summed E-state index contributed by atoms with van der Waals surface area (Å²) in [7, 11) is 0. The summed E-state index contributed by atoms with van der Waals surface area (Å²) in [5.41, 5.74) is 5.41. The Bertz CT molecular complexity index is 1380. The standard InChI is InChI=1S/C25H15ClO2/c26-20-11-8-16(9-12-20)17-4-3-5-18(14-17)19-10-13-24-22(15-19)25(27)21-6-1-2-7-23(21)28-24/h1-15H. The van der Waals surface area contributed by atoms with Crippen LogP contribution in [-0.4, -0.2) is 0 Å². The summed E-state index contributed by atoms with van der Waals surface area (Å²) in [4.78, 5) is 12.9. The van der Waals surface area contributed by atoms with Gasteiger partial charge in [0.05, 0.1) is 10.8 Å². The second kappa shape index (κ2) is 6.66. The van der Waals surface area contributed by atoms with Gasteiger partial charge in [0.2, 0.25) is 5.43 Å². The van der Waals surface area contributed by atoms with E-state index in [9.17, 15) is 4.79 Å². The number of para-hydroxylation sites is 1. The minimum absolute atomic E-state index is 0.00689. The van der Waals surface area contributed by atoms with Gasteiger partial charge in [-0.2, -0.15) is 0 Å². The summed E-state index contributed by atoms with van der Waals surface area (Å²) in [6.07, 6.45) is 0. The summed E-state index contributed by atoms with van der Waals surface area (Å²) in [5, 5.41) is 1.91. The van der Waals surface area contributed by atoms with Gasteiger partial charge in [-0.25, -0.2) is 0 Å². The van der Waals surface area contributed by atoms with Crippen LogP contribution >= 0.6 is 11.6 Å². The maximum absolute atomic E-state index is 12.9. The zero-order chi connectivity index (χ0) is 19.1. The van der Waals surface area contributed by atoms with Crippen LogP contribution < -0.4 is 5.43 Å². The highest BCUT2D eigenvalue weighted by Gasteiger charge is 2.09. The molecule has 0 unspecified atom stereocenters. The van der Waals surface area contributed by atoms with E-state index >= 15 is 0 Å². The van der Waals surface area contributed by atoms with Crippen LogP contribution in [0, 0.1) is 0 Å². The topological polar surface area (TPSA) is 30.2 Å². The number of hydrogen-bond donors (Lipinski definition) is 0. The molecule has 4 aromatic carbocycles. The van der Waals surface area contributed by atoms with E-state index in [1.54, 1.807) is 6.07 Å². The van der Waals surface area contributed by atoms with Gasteiger partial charge in [-0.3, -0.25) is 4.79 Å². The Balaban J connectivity index is 1.66. The lowest BCUT2D eigenvalue weighted by atomic mass is 9.98. The van der Waals surface area contributed by atoms with Crippen LogP contribution in [0.1, 0.15) is 0 Å². The Morgan fingerprint density at radius 1 is 0.571 bits per heavy atom. The van der Waals surface area contributed by atoms with Gasteiger partial charge in [0.1, 0.15) is 11.2 Å². The predicted octanol–water partition coefficient (Wildman–Crippen LogP) is 6.93. The molecule has 1 heterocycles. The number of halogens is 1. The van der Waals surface area contributed by atoms with Crippen molar-refractivity contribution in [2.75, 3.05) is 0 Å². The van der Waals surface area contributed by atoms with Crippen molar-refractivity contribution < 1.29 is 4.42 Å². The fourth-order valence-electron chi connectivity index (χ4n) is 3.50. The second-order valence-electron chi connectivity index (χ2n) is 6.73. The van der Waals surface area contributed by atoms with Gasteiger partial charge in [0, 0.05) is 5.02 Å². The monoisotopic (exact) mass is 382 g/mol. The Labute approximate surface area is 166 Å². The first-order valence-corrected chi connectivity index (χ1v) is 9.39. The summed E-state index contributed by atoms with van der Waals surface area (Å²) in [6.45, 7) is 0. The van der Waals surface area contributed by atoms with Crippen molar-refractivity contribution in [3.8, 4) is 22.3 Å². The molecule has 0 atom stereocenters. The van der Waals surface area contributed by atoms with E-state index < -0.39 is 0 Å². The van der Waals surface area contributed by atoms with Gasteiger partial charge >= 0.3 is 0 Å². The first-order chi connectivity index (χ1) is 13.7. The summed E-state index contributed by atoms with van der Waals surface area (Å²) < 4.78 is 5.91. The lowest BCUT2D eigenvalue weighted by molar-refractivity contribution is 0.660. The molecule has 5 rings (SSSR count). The van der Waals surface area contributed by atoms with Crippen LogP contribution in [0.5, 0.6) is 0 Å². The fourth-order valence-corrected chi connectivity index (χ4v) is 3.63. The highest BCUT2D eigenvalue weighted by atomic mass is 35.5. The molecule has 0 saturated carbocycles. The molecule has 0 aliphatic carbocycles. The van der Waals surface area contributed by atoms with Crippen molar-refractivity contribution in [3.05, 3.63) is 106 Å². The van der Waals surface area contributed by atoms with E-state index in [2.05, 4.69) is 12.1 Å². The Morgan fingerprint density at radius 3 is 2.04 bits per heavy atom. The number of rotatable bonds is 2. The molecule has 0 radical (unpaired) electrons. The molecule has 0 spiro atoms. The molecule has 0 N–H and O–H groups in total. The van der Waals surface area contributed by atoms with Crippen LogP contribution in [0.15, 0.2) is 100 Å². The summed E-state index contributed by atoms with van der Waals surface area (Å²) >= 11 is 6.00. The van der Waals surface area contributed by atoms with Crippen LogP contribution in [0.25, 0.3) is 44.2 Å². The predicted molar refractivity (Wildman–Crippen MR) is 116 cm³/mol. The molecule has 28 heavy (non-hydrogen) atoms. The SMILES string of the molecule is O=c1c2ccccc2oc2ccc(-c3cccc(-c4ccc(Cl)cc4)c3)cc12. The number of hydrogen-bond acceptors (Lipinski definition) is 2. The Morgan fingerprint density at radius 2 is 1.21 bits per heavy atom. The number of benzene rings is 4. The lowest BCUT2D eigenvalue weighted by Gasteiger charge is -2.08. The van der Waals surface area contributed by atoms with Crippen LogP contribution in [-0.2, 0) is 0 Å². The van der Waals surface area contributed by atoms with Crippen LogP contribution in [0.2, 0.25) is 5.02 Å². The normalized spacial score (nSPS) is 11.2. The smallest absolute Gasteiger partial charge is 0.200 e. The first kappa shape index (κ1) is 16.8. The van der Waals surface area contributed by atoms with Gasteiger partial charge < -0.3 is 4.42 Å². The van der Waals surface area contributed by atoms with Gasteiger partial charge in [0.25, 0.3) is 0 Å². The summed E-state index contributed by atoms with van der Waals surface area (Å²) in [5.74, 6) is 0. The maximum Gasteiger partial charge on any atom is 0.200 e. The van der Waals surface area contributed by atoms with E-state index in [0.717, 1.165) is 22.3 Å². The van der Waals surface area contributed by atoms with Gasteiger partial charge in [-0.05, 0) is 64.7 Å². The van der Waals surface area contributed by atoms with E-state index in [1.807, 2.05) is 72.8 Å². The van der Waals surface area contributed by atoms with Gasteiger partial charge in [0.15, 0.2) is 0 Å². The van der Waals surface area contributed by atoms with E-state index in [1.165, 1.54) is 0 Å². The van der Waals surface area contributed by atoms with Crippen LogP contribution in [0.3, 0.4) is 0 Å². The van der Waals surface area contributed by atoms with Crippen molar-refractivity contribution in [1.82, 2.24) is 0 Å². The molecule has 0 fully saturated rings.